The van der Waals surface area contributed by atoms with Gasteiger partial charge in [-0.05, 0) is 43.4 Å². The summed E-state index contributed by atoms with van der Waals surface area (Å²) in [7, 11) is 0. The van der Waals surface area contributed by atoms with E-state index >= 15 is 0 Å². The van der Waals surface area contributed by atoms with E-state index in [0.717, 1.165) is 29.9 Å². The van der Waals surface area contributed by atoms with Crippen LogP contribution in [0.4, 0.5) is 4.79 Å². The van der Waals surface area contributed by atoms with E-state index in [1.165, 1.54) is 0 Å². The van der Waals surface area contributed by atoms with Gasteiger partial charge in [0, 0.05) is 6.20 Å². The second kappa shape index (κ2) is 8.63. The predicted molar refractivity (Wildman–Crippen MR) is 113 cm³/mol. The maximum atomic E-state index is 12.9. The maximum Gasteiger partial charge on any atom is 0.325 e. The van der Waals surface area contributed by atoms with Gasteiger partial charge in [-0.1, -0.05) is 25.3 Å². The molecule has 2 aromatic heterocycles. The summed E-state index contributed by atoms with van der Waals surface area (Å²) in [4.78, 5) is 39.2. The Hall–Kier alpha value is -2.62. The molecule has 30 heavy (non-hydrogen) atoms. The van der Waals surface area contributed by atoms with Gasteiger partial charge in [-0.25, -0.2) is 4.79 Å². The van der Waals surface area contributed by atoms with Crippen molar-refractivity contribution in [1.82, 2.24) is 30.1 Å². The molecule has 1 aliphatic carbocycles. The molecule has 2 aliphatic rings. The first-order valence-corrected chi connectivity index (χ1v) is 11.7. The topological polar surface area (TPSA) is 109 Å². The van der Waals surface area contributed by atoms with Crippen molar-refractivity contribution in [3.8, 4) is 0 Å². The van der Waals surface area contributed by atoms with Crippen LogP contribution in [0, 0.1) is 0 Å². The Balaban J connectivity index is 1.48. The van der Waals surface area contributed by atoms with Crippen LogP contribution < -0.4 is 10.6 Å². The van der Waals surface area contributed by atoms with Crippen LogP contribution in [-0.2, 0) is 9.59 Å². The summed E-state index contributed by atoms with van der Waals surface area (Å²) in [6, 6.07) is 4.75. The quantitative estimate of drug-likeness (QED) is 0.650. The van der Waals surface area contributed by atoms with Gasteiger partial charge in [-0.2, -0.15) is 11.8 Å². The van der Waals surface area contributed by atoms with E-state index in [1.807, 2.05) is 35.1 Å². The number of rotatable bonds is 7. The predicted octanol–water partition coefficient (Wildman–Crippen LogP) is 1.89. The third kappa shape index (κ3) is 3.88. The number of amides is 4. The molecule has 9 nitrogen and oxygen atoms in total. The molecular weight excluding hydrogens is 404 g/mol. The molecule has 4 rings (SSSR count). The number of aromatic nitrogens is 3. The zero-order valence-corrected chi connectivity index (χ0v) is 17.8. The second-order valence-electron chi connectivity index (χ2n) is 7.85. The van der Waals surface area contributed by atoms with Crippen molar-refractivity contribution in [2.75, 3.05) is 18.6 Å². The van der Waals surface area contributed by atoms with Crippen molar-refractivity contribution in [1.29, 1.82) is 0 Å². The van der Waals surface area contributed by atoms with Gasteiger partial charge < -0.3 is 10.6 Å². The summed E-state index contributed by atoms with van der Waals surface area (Å²) in [6.07, 6.45) is 8.66. The number of nitrogens with one attached hydrogen (secondary N) is 2. The fourth-order valence-electron chi connectivity index (χ4n) is 4.30. The highest BCUT2D eigenvalue weighted by Crippen LogP contribution is 2.33. The first kappa shape index (κ1) is 20.6. The Labute approximate surface area is 179 Å². The molecule has 1 aliphatic heterocycles. The zero-order chi connectivity index (χ0) is 21.1. The standard InChI is InChI=1S/C20H26N6O3S/c1-30-12-8-14(17-24-23-15-7-3-6-11-25(15)17)21-16(27)13-26-18(28)20(22-19(26)29)9-4-2-5-10-20/h3,6-7,11,14H,2,4-5,8-10,12-13H2,1H3,(H,21,27)(H,22,29). The van der Waals surface area contributed by atoms with Gasteiger partial charge >= 0.3 is 6.03 Å². The van der Waals surface area contributed by atoms with Crippen LogP contribution in [0.15, 0.2) is 24.4 Å². The van der Waals surface area contributed by atoms with Crippen molar-refractivity contribution < 1.29 is 14.4 Å². The van der Waals surface area contributed by atoms with E-state index < -0.39 is 11.6 Å². The molecule has 1 saturated heterocycles. The summed E-state index contributed by atoms with van der Waals surface area (Å²) in [5, 5.41) is 14.2. The van der Waals surface area contributed by atoms with E-state index in [1.54, 1.807) is 11.8 Å². The number of urea groups is 1. The number of nitrogens with zero attached hydrogens (tertiary/aromatic N) is 4. The maximum absolute atomic E-state index is 12.9. The van der Waals surface area contributed by atoms with Gasteiger partial charge in [0.15, 0.2) is 11.5 Å². The molecule has 1 atom stereocenters. The van der Waals surface area contributed by atoms with Crippen molar-refractivity contribution in [2.45, 2.75) is 50.1 Å². The molecule has 0 bridgehead atoms. The van der Waals surface area contributed by atoms with E-state index in [-0.39, 0.29) is 24.4 Å². The Bertz CT molecular complexity index is 955. The fourth-order valence-corrected chi connectivity index (χ4v) is 4.77. The van der Waals surface area contributed by atoms with E-state index in [2.05, 4.69) is 20.8 Å². The normalized spacial score (nSPS) is 19.3. The molecule has 2 N–H and O–H groups in total. The molecule has 0 radical (unpaired) electrons. The molecule has 0 aromatic carbocycles. The Morgan fingerprint density at radius 3 is 2.83 bits per heavy atom. The van der Waals surface area contributed by atoms with Crippen molar-refractivity contribution in [3.05, 3.63) is 30.2 Å². The highest BCUT2D eigenvalue weighted by atomic mass is 32.2. The third-order valence-electron chi connectivity index (χ3n) is 5.85. The van der Waals surface area contributed by atoms with E-state index in [9.17, 15) is 14.4 Å². The summed E-state index contributed by atoms with van der Waals surface area (Å²) in [5.41, 5.74) is -0.124. The van der Waals surface area contributed by atoms with Crippen LogP contribution in [0.5, 0.6) is 0 Å². The first-order valence-electron chi connectivity index (χ1n) is 10.3. The molecule has 1 saturated carbocycles. The zero-order valence-electron chi connectivity index (χ0n) is 17.0. The summed E-state index contributed by atoms with van der Waals surface area (Å²) in [6.45, 7) is -0.293. The van der Waals surface area contributed by atoms with Gasteiger partial charge in [0.25, 0.3) is 5.91 Å². The number of fused-ring (bicyclic) bond motifs is 1. The van der Waals surface area contributed by atoms with Crippen LogP contribution in [0.25, 0.3) is 5.65 Å². The van der Waals surface area contributed by atoms with Crippen LogP contribution in [-0.4, -0.2) is 61.4 Å². The minimum Gasteiger partial charge on any atom is -0.344 e. The molecule has 3 heterocycles. The number of hydrogen-bond acceptors (Lipinski definition) is 6. The number of pyridine rings is 1. The Morgan fingerprint density at radius 2 is 2.07 bits per heavy atom. The Morgan fingerprint density at radius 1 is 1.27 bits per heavy atom. The SMILES string of the molecule is CSCCC(NC(=O)CN1C(=O)NC2(CCCCC2)C1=O)c1nnc2ccccn12. The number of thioether (sulfide) groups is 1. The lowest BCUT2D eigenvalue weighted by Crippen LogP contribution is -2.49. The Kier molecular flexibility index (Phi) is 5.94. The third-order valence-corrected chi connectivity index (χ3v) is 6.50. The average molecular weight is 431 g/mol. The van der Waals surface area contributed by atoms with E-state index in [4.69, 9.17) is 0 Å². The highest BCUT2D eigenvalue weighted by molar-refractivity contribution is 7.98. The smallest absolute Gasteiger partial charge is 0.325 e. The van der Waals surface area contributed by atoms with Gasteiger partial charge in [0.05, 0.1) is 6.04 Å². The molecule has 10 heteroatoms. The van der Waals surface area contributed by atoms with Crippen LogP contribution in [0.2, 0.25) is 0 Å². The van der Waals surface area contributed by atoms with Crippen molar-refractivity contribution in [3.63, 3.8) is 0 Å². The highest BCUT2D eigenvalue weighted by Gasteiger charge is 2.51. The summed E-state index contributed by atoms with van der Waals surface area (Å²) < 4.78 is 1.84. The minimum atomic E-state index is -0.822. The molecule has 1 unspecified atom stereocenters. The average Bonchev–Trinajstić information content (AvgIpc) is 3.27. The first-order chi connectivity index (χ1) is 14.5. The van der Waals surface area contributed by atoms with Crippen LogP contribution in [0.3, 0.4) is 0 Å². The monoisotopic (exact) mass is 430 g/mol. The van der Waals surface area contributed by atoms with Gasteiger partial charge in [0.2, 0.25) is 5.91 Å². The fraction of sp³-hybridized carbons (Fsp3) is 0.550. The van der Waals surface area contributed by atoms with Gasteiger partial charge in [0.1, 0.15) is 12.1 Å². The minimum absolute atomic E-state index is 0.282. The number of carbonyl (C=O) groups is 3. The molecule has 2 fully saturated rings. The second-order valence-corrected chi connectivity index (χ2v) is 8.84. The molecule has 4 amide bonds. The summed E-state index contributed by atoms with van der Waals surface area (Å²) in [5.74, 6) is 0.786. The van der Waals surface area contributed by atoms with Crippen LogP contribution >= 0.6 is 11.8 Å². The van der Waals surface area contributed by atoms with E-state index in [0.29, 0.717) is 30.7 Å². The van der Waals surface area contributed by atoms with Gasteiger partial charge in [-0.15, -0.1) is 10.2 Å². The van der Waals surface area contributed by atoms with Crippen molar-refractivity contribution in [2.24, 2.45) is 0 Å². The number of hydrogen-bond donors (Lipinski definition) is 2. The molecule has 160 valence electrons. The van der Waals surface area contributed by atoms with Gasteiger partial charge in [-0.3, -0.25) is 18.9 Å². The van der Waals surface area contributed by atoms with Crippen molar-refractivity contribution >= 4 is 35.3 Å². The number of carbonyl (C=O) groups excluding carboxylic acids is 3. The lowest BCUT2D eigenvalue weighted by Gasteiger charge is -2.30. The molecule has 2 aromatic rings. The lowest BCUT2D eigenvalue weighted by molar-refractivity contribution is -0.136. The largest absolute Gasteiger partial charge is 0.344 e. The number of imide groups is 1. The lowest BCUT2D eigenvalue weighted by atomic mass is 9.82. The molecule has 1 spiro atoms. The molecular formula is C20H26N6O3S. The van der Waals surface area contributed by atoms with Crippen LogP contribution in [0.1, 0.15) is 50.4 Å². The summed E-state index contributed by atoms with van der Waals surface area (Å²) >= 11 is 1.67.